The van der Waals surface area contributed by atoms with Gasteiger partial charge in [0.25, 0.3) is 0 Å². The van der Waals surface area contributed by atoms with Gasteiger partial charge in [0.05, 0.1) is 11.0 Å². The predicted octanol–water partition coefficient (Wildman–Crippen LogP) is 4.26. The first-order valence-corrected chi connectivity index (χ1v) is 24.5. The van der Waals surface area contributed by atoms with Gasteiger partial charge in [0, 0.05) is 55.4 Å². The summed E-state index contributed by atoms with van der Waals surface area (Å²) in [4.78, 5) is 0. The van der Waals surface area contributed by atoms with Gasteiger partial charge in [0.15, 0.2) is 0 Å². The molecular formula is C60H45B7N2O. The number of para-hydroxylation sites is 1. The molecular weight excluding hydrogens is 840 g/mol. The fraction of sp³-hybridized carbons (Fsp3) is 0. The third-order valence-corrected chi connectivity index (χ3v) is 15.9. The van der Waals surface area contributed by atoms with E-state index in [1.807, 2.05) is 6.07 Å². The van der Waals surface area contributed by atoms with Crippen molar-refractivity contribution in [1.29, 1.82) is 0 Å². The van der Waals surface area contributed by atoms with Crippen LogP contribution in [-0.4, -0.2) is 64.1 Å². The van der Waals surface area contributed by atoms with Crippen LogP contribution in [0.5, 0.6) is 0 Å². The van der Waals surface area contributed by atoms with E-state index in [0.29, 0.717) is 0 Å². The number of aromatic nitrogens is 2. The van der Waals surface area contributed by atoms with Gasteiger partial charge in [-0.1, -0.05) is 166 Å². The van der Waals surface area contributed by atoms with Gasteiger partial charge in [-0.05, 0) is 98.4 Å². The van der Waals surface area contributed by atoms with E-state index in [1.54, 1.807) is 0 Å². The van der Waals surface area contributed by atoms with Crippen LogP contribution in [0.15, 0.2) is 192 Å². The maximum absolute atomic E-state index is 6.47. The van der Waals surface area contributed by atoms with Crippen LogP contribution in [0.25, 0.3) is 121 Å². The first-order chi connectivity index (χ1) is 34.2. The smallest absolute Gasteiger partial charge is 0.141 e. The van der Waals surface area contributed by atoms with Crippen molar-refractivity contribution >= 4 is 159 Å². The van der Waals surface area contributed by atoms with Crippen molar-refractivity contribution in [2.75, 3.05) is 0 Å². The van der Waals surface area contributed by atoms with Gasteiger partial charge in [0.2, 0.25) is 0 Å². The average Bonchev–Trinajstić information content (AvgIpc) is 4.08. The molecule has 0 aliphatic heterocycles. The molecule has 0 radical (unpaired) electrons. The highest BCUT2D eigenvalue weighted by Gasteiger charge is 2.26. The number of rotatable bonds is 6. The fourth-order valence-corrected chi connectivity index (χ4v) is 11.9. The molecule has 13 rings (SSSR count). The van der Waals surface area contributed by atoms with Gasteiger partial charge < -0.3 is 13.6 Å². The Morgan fingerprint density at radius 3 is 1.54 bits per heavy atom. The highest BCUT2D eigenvalue weighted by Crippen LogP contribution is 2.42. The molecule has 0 aliphatic carbocycles. The minimum absolute atomic E-state index is 0.888. The summed E-state index contributed by atoms with van der Waals surface area (Å²) in [5, 5.41) is 7.42. The number of nitrogens with zero attached hydrogens (tertiary/aromatic N) is 2. The minimum Gasteiger partial charge on any atom is -0.456 e. The zero-order valence-electron chi connectivity index (χ0n) is 40.7. The van der Waals surface area contributed by atoms with Crippen LogP contribution in [0.1, 0.15) is 0 Å². The van der Waals surface area contributed by atoms with Crippen molar-refractivity contribution in [3.05, 3.63) is 188 Å². The van der Waals surface area contributed by atoms with E-state index in [0.717, 1.165) is 33.1 Å². The summed E-state index contributed by atoms with van der Waals surface area (Å²) in [5.41, 5.74) is 28.1. The Kier molecular flexibility index (Phi) is 9.68. The second-order valence-corrected chi connectivity index (χ2v) is 19.4. The second-order valence-electron chi connectivity index (χ2n) is 19.4. The number of hydrogen-bond donors (Lipinski definition) is 0. The van der Waals surface area contributed by atoms with E-state index in [4.69, 9.17) is 4.42 Å². The molecule has 3 heterocycles. The molecule has 322 valence electrons. The van der Waals surface area contributed by atoms with Crippen LogP contribution in [0.2, 0.25) is 0 Å². The molecule has 0 fully saturated rings. The summed E-state index contributed by atoms with van der Waals surface area (Å²) >= 11 is 0. The predicted molar refractivity (Wildman–Crippen MR) is 321 cm³/mol. The molecule has 0 saturated carbocycles. The lowest BCUT2D eigenvalue weighted by molar-refractivity contribution is 0.668. The molecule has 0 atom stereocenters. The largest absolute Gasteiger partial charge is 0.456 e. The van der Waals surface area contributed by atoms with Crippen molar-refractivity contribution in [3.63, 3.8) is 0 Å². The Morgan fingerprint density at radius 1 is 0.300 bits per heavy atom. The molecule has 0 saturated heterocycles. The lowest BCUT2D eigenvalue weighted by Crippen LogP contribution is -2.48. The monoisotopic (exact) mass is 886 g/mol. The molecule has 0 bridgehead atoms. The molecule has 70 heavy (non-hydrogen) atoms. The molecule has 3 aromatic heterocycles. The summed E-state index contributed by atoms with van der Waals surface area (Å²) in [7, 11) is 16.3. The van der Waals surface area contributed by atoms with Crippen LogP contribution in [-0.2, 0) is 0 Å². The van der Waals surface area contributed by atoms with Crippen LogP contribution >= 0.6 is 0 Å². The quantitative estimate of drug-likeness (QED) is 0.230. The van der Waals surface area contributed by atoms with Crippen LogP contribution < -0.4 is 38.2 Å². The minimum atomic E-state index is 0.888. The Labute approximate surface area is 414 Å². The van der Waals surface area contributed by atoms with Gasteiger partial charge in [0.1, 0.15) is 66.1 Å². The van der Waals surface area contributed by atoms with Crippen molar-refractivity contribution < 1.29 is 4.42 Å². The molecule has 0 unspecified atom stereocenters. The zero-order chi connectivity index (χ0) is 47.5. The van der Waals surface area contributed by atoms with Crippen molar-refractivity contribution in [1.82, 2.24) is 9.13 Å². The third kappa shape index (κ3) is 6.25. The van der Waals surface area contributed by atoms with E-state index in [9.17, 15) is 0 Å². The second kappa shape index (κ2) is 16.1. The van der Waals surface area contributed by atoms with Crippen molar-refractivity contribution in [2.24, 2.45) is 0 Å². The summed E-state index contributed by atoms with van der Waals surface area (Å²) in [5.74, 6) is 0. The highest BCUT2D eigenvalue weighted by molar-refractivity contribution is 6.69. The standard InChI is InChI=1S/C60H45B7N2O/c61-52-48(37-24-29-44-43(30-37)49-40(36-12-5-2-6-13-36)15-9-16-45(49)68(44)39-27-28-42-41-14-7-8-17-46(41)70-47(42)31-39)53(62)57(66)59-50(52)51-54(63)55(64)56(65)58(67)60(51)69(59)38-25-22-35(23-26-38)34-20-18-33(19-21-34)32-10-3-1-4-11-32/h1-31H,61-67H2. The Morgan fingerprint density at radius 2 is 0.843 bits per heavy atom. The molecule has 0 N–H and O–H groups in total. The first kappa shape index (κ1) is 42.2. The zero-order valence-corrected chi connectivity index (χ0v) is 40.7. The maximum Gasteiger partial charge on any atom is 0.141 e. The van der Waals surface area contributed by atoms with E-state index in [-0.39, 0.29) is 0 Å². The fourth-order valence-electron chi connectivity index (χ4n) is 11.9. The molecule has 10 heteroatoms. The summed E-state index contributed by atoms with van der Waals surface area (Å²) in [6.45, 7) is 0. The van der Waals surface area contributed by atoms with E-state index in [2.05, 4.69) is 246 Å². The van der Waals surface area contributed by atoms with Gasteiger partial charge in [-0.15, -0.1) is 5.46 Å². The van der Waals surface area contributed by atoms with Crippen LogP contribution in [0.3, 0.4) is 0 Å². The van der Waals surface area contributed by atoms with Gasteiger partial charge >= 0.3 is 0 Å². The van der Waals surface area contributed by atoms with E-state index in [1.165, 1.54) is 127 Å². The Hall–Kier alpha value is -7.95. The molecule has 0 amide bonds. The summed E-state index contributed by atoms with van der Waals surface area (Å²) in [6, 6.07) is 68.6. The lowest BCUT2D eigenvalue weighted by Gasteiger charge is -2.19. The van der Waals surface area contributed by atoms with Crippen LogP contribution in [0, 0.1) is 0 Å². The van der Waals surface area contributed by atoms with Crippen molar-refractivity contribution in [2.45, 2.75) is 0 Å². The summed E-state index contributed by atoms with van der Waals surface area (Å²) in [6.07, 6.45) is 0. The molecule has 13 aromatic rings. The average molecular weight is 886 g/mol. The van der Waals surface area contributed by atoms with Gasteiger partial charge in [-0.3, -0.25) is 0 Å². The summed E-state index contributed by atoms with van der Waals surface area (Å²) < 4.78 is 11.5. The lowest BCUT2D eigenvalue weighted by atomic mass is 9.64. The van der Waals surface area contributed by atoms with Gasteiger partial charge in [-0.2, -0.15) is 0 Å². The third-order valence-electron chi connectivity index (χ3n) is 15.9. The number of benzene rings is 10. The highest BCUT2D eigenvalue weighted by atomic mass is 16.3. The molecule has 0 spiro atoms. The van der Waals surface area contributed by atoms with Crippen molar-refractivity contribution in [3.8, 4) is 55.9 Å². The number of fused-ring (bicyclic) bond motifs is 9. The molecule has 0 aliphatic rings. The Balaban J connectivity index is 1.02. The normalized spacial score (nSPS) is 11.8. The topological polar surface area (TPSA) is 23.0 Å². The Bertz CT molecular complexity index is 4290. The SMILES string of the molecule is Bc1c(B)c(B)c2c(c1B)c1c(B)c(-c3ccc4c(c3)c3c(-c5ccccc5)cccc3n4-c3ccc4c(c3)oc3ccccc34)c(B)c(B)c1n2-c1ccc(-c2ccc(-c3ccccc3)cc2)cc1. The van der Waals surface area contributed by atoms with Crippen LogP contribution in [0.4, 0.5) is 0 Å². The number of hydrogen-bond acceptors (Lipinski definition) is 1. The van der Waals surface area contributed by atoms with E-state index < -0.39 is 0 Å². The molecule has 10 aromatic carbocycles. The van der Waals surface area contributed by atoms with Gasteiger partial charge in [-0.25, -0.2) is 0 Å². The number of furan rings is 1. The maximum atomic E-state index is 6.47. The molecule has 3 nitrogen and oxygen atoms in total. The van der Waals surface area contributed by atoms with E-state index >= 15 is 0 Å². The first-order valence-electron chi connectivity index (χ1n) is 24.5.